The molecule has 0 amide bonds. The number of carboxylic acids is 1. The minimum Gasteiger partial charge on any atom is -0.493 e. The smallest absolute Gasteiger partial charge is 0.306 e. The summed E-state index contributed by atoms with van der Waals surface area (Å²) in [6.45, 7) is 2.45. The van der Waals surface area contributed by atoms with Crippen molar-refractivity contribution in [3.05, 3.63) is 35.4 Å². The third-order valence-corrected chi connectivity index (χ3v) is 4.79. The molecule has 0 bridgehead atoms. The second kappa shape index (κ2) is 12.0. The summed E-state index contributed by atoms with van der Waals surface area (Å²) in [5.74, 6) is 0.733. The first kappa shape index (κ1) is 27.7. The van der Waals surface area contributed by atoms with E-state index in [1.54, 1.807) is 12.1 Å². The summed E-state index contributed by atoms with van der Waals surface area (Å²) in [7, 11) is 3.01. The van der Waals surface area contributed by atoms with Crippen LogP contribution in [0.2, 0.25) is 0 Å². The van der Waals surface area contributed by atoms with Gasteiger partial charge in [-0.25, -0.2) is 4.98 Å². The number of carbonyl (C=O) groups is 1. The molecule has 0 saturated heterocycles. The maximum Gasteiger partial charge on any atom is 0.306 e. The summed E-state index contributed by atoms with van der Waals surface area (Å²) < 4.78 is 16.4. The zero-order valence-electron chi connectivity index (χ0n) is 18.4. The first-order valence-electron chi connectivity index (χ1n) is 9.49. The number of anilines is 3. The molecule has 12 heteroatoms. The Labute approximate surface area is 203 Å². The van der Waals surface area contributed by atoms with Crippen molar-refractivity contribution in [3.63, 3.8) is 0 Å². The van der Waals surface area contributed by atoms with Gasteiger partial charge in [-0.15, -0.1) is 24.8 Å². The topological polar surface area (TPSA) is 155 Å². The van der Waals surface area contributed by atoms with Gasteiger partial charge in [-0.3, -0.25) is 4.79 Å². The van der Waals surface area contributed by atoms with Crippen LogP contribution in [0.3, 0.4) is 0 Å². The van der Waals surface area contributed by atoms with Crippen LogP contribution in [-0.2, 0) is 11.3 Å². The number of nitrogens with zero attached hydrogens (tertiary/aromatic N) is 2. The standard InChI is InChI=1S/C21H25N5O5.2ClH/c1-11-12(4-5-14-18(11)20(22)26-21(23)25-14)10-24-13-8-15(29-2)19(16(9-13)30-3)31-7-6-17(27)28;;/h4-5,8-9,24H,6-7,10H2,1-3H3,(H,27,28)(H4,22,23,25,26);2*1H. The zero-order chi connectivity index (χ0) is 22.5. The number of aliphatic carboxylic acids is 1. The molecule has 0 unspecified atom stereocenters. The molecule has 0 atom stereocenters. The molecule has 2 aromatic carbocycles. The molecule has 3 rings (SSSR count). The van der Waals surface area contributed by atoms with E-state index >= 15 is 0 Å². The predicted molar refractivity (Wildman–Crippen MR) is 132 cm³/mol. The van der Waals surface area contributed by atoms with Crippen LogP contribution in [0, 0.1) is 6.92 Å². The van der Waals surface area contributed by atoms with E-state index in [9.17, 15) is 4.79 Å². The minimum absolute atomic E-state index is 0. The third kappa shape index (κ3) is 6.33. The molecule has 0 aliphatic carbocycles. The first-order chi connectivity index (χ1) is 14.8. The highest BCUT2D eigenvalue weighted by Gasteiger charge is 2.16. The summed E-state index contributed by atoms with van der Waals surface area (Å²) in [6.07, 6.45) is -0.133. The molecule has 10 nitrogen and oxygen atoms in total. The van der Waals surface area contributed by atoms with Crippen LogP contribution in [0.4, 0.5) is 17.5 Å². The number of fused-ring (bicyclic) bond motifs is 1. The second-order valence-corrected chi connectivity index (χ2v) is 6.77. The number of benzene rings is 2. The van der Waals surface area contributed by atoms with E-state index in [-0.39, 0.29) is 43.8 Å². The number of nitrogens with one attached hydrogen (secondary N) is 1. The largest absolute Gasteiger partial charge is 0.493 e. The fourth-order valence-electron chi connectivity index (χ4n) is 3.24. The molecule has 0 aliphatic heterocycles. The van der Waals surface area contributed by atoms with E-state index in [2.05, 4.69) is 15.3 Å². The molecule has 1 heterocycles. The van der Waals surface area contributed by atoms with Crippen LogP contribution >= 0.6 is 24.8 Å². The van der Waals surface area contributed by atoms with E-state index in [0.29, 0.717) is 35.1 Å². The Balaban J connectivity index is 0.00000272. The average molecular weight is 500 g/mol. The first-order valence-corrected chi connectivity index (χ1v) is 9.49. The van der Waals surface area contributed by atoms with Crippen molar-refractivity contribution in [2.45, 2.75) is 19.9 Å². The highest BCUT2D eigenvalue weighted by Crippen LogP contribution is 2.40. The number of nitrogens with two attached hydrogens (primary N) is 2. The SMILES string of the molecule is COc1cc(NCc2ccc3nc(N)nc(N)c3c2C)cc(OC)c1OCCC(=O)O.Cl.Cl. The lowest BCUT2D eigenvalue weighted by Crippen LogP contribution is -2.08. The quantitative estimate of drug-likeness (QED) is 0.343. The number of hydrogen-bond donors (Lipinski definition) is 4. The van der Waals surface area contributed by atoms with Crippen LogP contribution < -0.4 is 31.0 Å². The lowest BCUT2D eigenvalue weighted by molar-refractivity contribution is -0.137. The van der Waals surface area contributed by atoms with Crippen molar-refractivity contribution in [2.75, 3.05) is 37.6 Å². The number of aromatic nitrogens is 2. The molecule has 0 aliphatic rings. The minimum atomic E-state index is -0.948. The van der Waals surface area contributed by atoms with Gasteiger partial charge in [0.05, 0.1) is 32.8 Å². The molecule has 180 valence electrons. The van der Waals surface area contributed by atoms with E-state index in [4.69, 9.17) is 30.8 Å². The van der Waals surface area contributed by atoms with E-state index in [1.807, 2.05) is 19.1 Å². The van der Waals surface area contributed by atoms with Crippen LogP contribution in [-0.4, -0.2) is 41.9 Å². The van der Waals surface area contributed by atoms with Gasteiger partial charge in [0, 0.05) is 29.8 Å². The molecule has 0 spiro atoms. The second-order valence-electron chi connectivity index (χ2n) is 6.77. The number of ether oxygens (including phenoxy) is 3. The van der Waals surface area contributed by atoms with E-state index < -0.39 is 5.97 Å². The Kier molecular flexibility index (Phi) is 10.1. The Hall–Kier alpha value is -3.37. The van der Waals surface area contributed by atoms with Crippen LogP contribution in [0.25, 0.3) is 10.9 Å². The van der Waals surface area contributed by atoms with Gasteiger partial charge >= 0.3 is 5.97 Å². The number of hydrogen-bond acceptors (Lipinski definition) is 9. The predicted octanol–water partition coefficient (Wildman–Crippen LogP) is 3.43. The highest BCUT2D eigenvalue weighted by molar-refractivity contribution is 5.92. The van der Waals surface area contributed by atoms with E-state index in [1.165, 1.54) is 14.2 Å². The molecule has 0 fully saturated rings. The number of halogens is 2. The van der Waals surface area contributed by atoms with Crippen molar-refractivity contribution < 1.29 is 24.1 Å². The fourth-order valence-corrected chi connectivity index (χ4v) is 3.24. The molecule has 6 N–H and O–H groups in total. The summed E-state index contributed by atoms with van der Waals surface area (Å²) >= 11 is 0. The Morgan fingerprint density at radius 3 is 2.30 bits per heavy atom. The molecule has 0 saturated carbocycles. The summed E-state index contributed by atoms with van der Waals surface area (Å²) in [5.41, 5.74) is 15.1. The van der Waals surface area contributed by atoms with Crippen LogP contribution in [0.15, 0.2) is 24.3 Å². The Morgan fingerprint density at radius 2 is 1.73 bits per heavy atom. The van der Waals surface area contributed by atoms with Crippen molar-refractivity contribution in [3.8, 4) is 17.2 Å². The molecule has 33 heavy (non-hydrogen) atoms. The molecular weight excluding hydrogens is 473 g/mol. The Morgan fingerprint density at radius 1 is 1.09 bits per heavy atom. The van der Waals surface area contributed by atoms with Gasteiger partial charge in [-0.1, -0.05) is 6.07 Å². The van der Waals surface area contributed by atoms with Crippen molar-refractivity contribution in [1.29, 1.82) is 0 Å². The van der Waals surface area contributed by atoms with Crippen molar-refractivity contribution >= 4 is 59.1 Å². The van der Waals surface area contributed by atoms with Gasteiger partial charge in [0.25, 0.3) is 0 Å². The van der Waals surface area contributed by atoms with Crippen molar-refractivity contribution in [2.24, 2.45) is 0 Å². The Bertz CT molecular complexity index is 1100. The lowest BCUT2D eigenvalue weighted by atomic mass is 10.0. The third-order valence-electron chi connectivity index (χ3n) is 4.79. The van der Waals surface area contributed by atoms with Crippen LogP contribution in [0.5, 0.6) is 17.2 Å². The number of nitrogen functional groups attached to an aromatic ring is 2. The highest BCUT2D eigenvalue weighted by atomic mass is 35.5. The number of aryl methyl sites for hydroxylation is 1. The summed E-state index contributed by atoms with van der Waals surface area (Å²) in [6, 6.07) is 7.32. The maximum atomic E-state index is 10.7. The molecule has 1 aromatic heterocycles. The van der Waals surface area contributed by atoms with Gasteiger partial charge in [0.2, 0.25) is 11.7 Å². The normalized spacial score (nSPS) is 10.0. The average Bonchev–Trinajstić information content (AvgIpc) is 2.72. The number of methoxy groups -OCH3 is 2. The van der Waals surface area contributed by atoms with Gasteiger partial charge in [0.15, 0.2) is 11.5 Å². The fraction of sp³-hybridized carbons (Fsp3) is 0.286. The number of rotatable bonds is 9. The lowest BCUT2D eigenvalue weighted by Gasteiger charge is -2.17. The zero-order valence-corrected chi connectivity index (χ0v) is 20.0. The monoisotopic (exact) mass is 499 g/mol. The molecular formula is C21H27Cl2N5O5. The maximum absolute atomic E-state index is 10.7. The molecule has 0 radical (unpaired) electrons. The van der Waals surface area contributed by atoms with Crippen LogP contribution in [0.1, 0.15) is 17.5 Å². The van der Waals surface area contributed by atoms with Gasteiger partial charge < -0.3 is 36.1 Å². The van der Waals surface area contributed by atoms with Gasteiger partial charge in [-0.2, -0.15) is 4.98 Å². The summed E-state index contributed by atoms with van der Waals surface area (Å²) in [5, 5.41) is 12.9. The number of carboxylic acid groups (broad SMARTS) is 1. The van der Waals surface area contributed by atoms with Gasteiger partial charge in [0.1, 0.15) is 5.82 Å². The van der Waals surface area contributed by atoms with Crippen molar-refractivity contribution in [1.82, 2.24) is 9.97 Å². The molecule has 3 aromatic rings. The van der Waals surface area contributed by atoms with Gasteiger partial charge in [-0.05, 0) is 24.1 Å². The summed E-state index contributed by atoms with van der Waals surface area (Å²) in [4.78, 5) is 19.0. The van der Waals surface area contributed by atoms with E-state index in [0.717, 1.165) is 22.2 Å².